The maximum atomic E-state index is 13.9. The van der Waals surface area contributed by atoms with Gasteiger partial charge in [0.1, 0.15) is 17.6 Å². The van der Waals surface area contributed by atoms with Crippen molar-refractivity contribution in [2.45, 2.75) is 70.4 Å². The van der Waals surface area contributed by atoms with Gasteiger partial charge in [-0.3, -0.25) is 14.5 Å². The van der Waals surface area contributed by atoms with Crippen LogP contribution in [0.3, 0.4) is 0 Å². The number of rotatable bonds is 6. The molecule has 2 atom stereocenters. The third kappa shape index (κ3) is 4.09. The van der Waals surface area contributed by atoms with Crippen molar-refractivity contribution >= 4 is 11.8 Å². The predicted molar refractivity (Wildman–Crippen MR) is 127 cm³/mol. The van der Waals surface area contributed by atoms with E-state index in [2.05, 4.69) is 10.2 Å². The van der Waals surface area contributed by atoms with Crippen molar-refractivity contribution in [3.8, 4) is 0 Å². The Kier molecular flexibility index (Phi) is 5.96. The van der Waals surface area contributed by atoms with Crippen LogP contribution in [0.1, 0.15) is 68.9 Å². The molecule has 2 amide bonds. The molecule has 3 heterocycles. The van der Waals surface area contributed by atoms with E-state index >= 15 is 0 Å². The summed E-state index contributed by atoms with van der Waals surface area (Å²) < 4.78 is 11.5. The second kappa shape index (κ2) is 8.98. The van der Waals surface area contributed by atoms with Gasteiger partial charge in [0, 0.05) is 26.2 Å². The van der Waals surface area contributed by atoms with Crippen LogP contribution < -0.4 is 5.32 Å². The van der Waals surface area contributed by atoms with Crippen molar-refractivity contribution in [3.05, 3.63) is 23.7 Å². The number of hydrogen-bond acceptors (Lipinski definition) is 5. The number of likely N-dealkylation sites (tertiary alicyclic amines) is 1. The number of ether oxygens (including phenoxy) is 1. The van der Waals surface area contributed by atoms with Crippen LogP contribution in [0.15, 0.2) is 16.5 Å². The molecule has 0 radical (unpaired) electrons. The van der Waals surface area contributed by atoms with Crippen molar-refractivity contribution in [2.24, 2.45) is 23.2 Å². The number of nitrogens with one attached hydrogen (secondary N) is 1. The molecule has 1 aromatic rings. The lowest BCUT2D eigenvalue weighted by Gasteiger charge is -2.56. The van der Waals surface area contributed by atoms with Gasteiger partial charge < -0.3 is 19.4 Å². The maximum Gasteiger partial charge on any atom is 0.242 e. The van der Waals surface area contributed by atoms with E-state index in [1.165, 1.54) is 19.3 Å². The van der Waals surface area contributed by atoms with Crippen LogP contribution in [-0.4, -0.2) is 67.0 Å². The number of aryl methyl sites for hydroxylation is 1. The minimum Gasteiger partial charge on any atom is -0.465 e. The summed E-state index contributed by atoms with van der Waals surface area (Å²) in [5, 5.41) is 3.21. The SMILES string of the molecule is Cc1ccc(C(CNC(=O)C2CCCN2C(=O)C23CC4CC(CC(C4)C2)C3)N2CCOCC2)o1. The van der Waals surface area contributed by atoms with Gasteiger partial charge in [0.25, 0.3) is 0 Å². The highest BCUT2D eigenvalue weighted by Gasteiger charge is 2.56. The molecule has 1 N–H and O–H groups in total. The molecule has 4 saturated carbocycles. The highest BCUT2D eigenvalue weighted by Crippen LogP contribution is 2.60. The van der Waals surface area contributed by atoms with Gasteiger partial charge in [0.15, 0.2) is 0 Å². The first-order valence-corrected chi connectivity index (χ1v) is 13.5. The van der Waals surface area contributed by atoms with Gasteiger partial charge >= 0.3 is 0 Å². The highest BCUT2D eigenvalue weighted by atomic mass is 16.5. The molecular formula is C27H39N3O4. The molecule has 0 aromatic carbocycles. The minimum atomic E-state index is -0.329. The molecule has 1 aromatic heterocycles. The van der Waals surface area contributed by atoms with E-state index in [-0.39, 0.29) is 29.3 Å². The molecule has 0 spiro atoms. The van der Waals surface area contributed by atoms with Gasteiger partial charge in [-0.25, -0.2) is 0 Å². The maximum absolute atomic E-state index is 13.9. The first-order valence-electron chi connectivity index (χ1n) is 13.5. The van der Waals surface area contributed by atoms with Crippen LogP contribution >= 0.6 is 0 Å². The molecule has 7 nitrogen and oxygen atoms in total. The number of carbonyl (C=O) groups excluding carboxylic acids is 2. The smallest absolute Gasteiger partial charge is 0.242 e. The summed E-state index contributed by atoms with van der Waals surface area (Å²) in [6.07, 6.45) is 8.83. The zero-order valence-electron chi connectivity index (χ0n) is 20.5. The molecule has 7 rings (SSSR count). The zero-order valence-corrected chi connectivity index (χ0v) is 20.5. The standard InChI is InChI=1S/C27H39N3O4/c1-18-4-5-24(34-18)23(29-7-9-33-10-8-29)17-28-25(31)22-3-2-6-30(22)26(32)27-14-19-11-20(15-27)13-21(12-19)16-27/h4-5,19-23H,2-3,6-17H2,1H3,(H,28,31). The van der Waals surface area contributed by atoms with Crippen molar-refractivity contribution in [1.29, 1.82) is 0 Å². The number of nitrogens with zero attached hydrogens (tertiary/aromatic N) is 2. The van der Waals surface area contributed by atoms with Crippen molar-refractivity contribution in [3.63, 3.8) is 0 Å². The topological polar surface area (TPSA) is 75.0 Å². The second-order valence-electron chi connectivity index (χ2n) is 11.7. The van der Waals surface area contributed by atoms with Gasteiger partial charge in [-0.2, -0.15) is 0 Å². The Labute approximate surface area is 202 Å². The summed E-state index contributed by atoms with van der Waals surface area (Å²) in [6.45, 7) is 6.19. The van der Waals surface area contributed by atoms with E-state index in [4.69, 9.17) is 9.15 Å². The van der Waals surface area contributed by atoms with E-state index < -0.39 is 0 Å². The third-order valence-corrected chi connectivity index (χ3v) is 9.35. The Morgan fingerprint density at radius 3 is 2.35 bits per heavy atom. The Morgan fingerprint density at radius 1 is 1.06 bits per heavy atom. The van der Waals surface area contributed by atoms with Gasteiger partial charge in [0.2, 0.25) is 11.8 Å². The van der Waals surface area contributed by atoms with Gasteiger partial charge in [-0.15, -0.1) is 0 Å². The Bertz CT molecular complexity index is 885. The summed E-state index contributed by atoms with van der Waals surface area (Å²) >= 11 is 0. The summed E-state index contributed by atoms with van der Waals surface area (Å²) in [7, 11) is 0. The average molecular weight is 470 g/mol. The summed E-state index contributed by atoms with van der Waals surface area (Å²) in [4.78, 5) is 31.7. The largest absolute Gasteiger partial charge is 0.465 e. The quantitative estimate of drug-likeness (QED) is 0.692. The van der Waals surface area contributed by atoms with Crippen molar-refractivity contribution in [2.75, 3.05) is 39.4 Å². The fourth-order valence-corrected chi connectivity index (χ4v) is 8.21. The molecule has 2 aliphatic heterocycles. The van der Waals surface area contributed by atoms with Crippen molar-refractivity contribution < 1.29 is 18.7 Å². The number of hydrogen-bond donors (Lipinski definition) is 1. The first kappa shape index (κ1) is 22.6. The summed E-state index contributed by atoms with van der Waals surface area (Å²) in [6, 6.07) is 3.65. The molecule has 2 saturated heterocycles. The lowest BCUT2D eigenvalue weighted by molar-refractivity contribution is -0.160. The van der Waals surface area contributed by atoms with Gasteiger partial charge in [-0.05, 0) is 88.2 Å². The van der Waals surface area contributed by atoms with E-state index in [9.17, 15) is 9.59 Å². The number of morpholine rings is 1. The van der Waals surface area contributed by atoms with E-state index in [1.807, 2.05) is 24.0 Å². The number of furan rings is 1. The van der Waals surface area contributed by atoms with Crippen LogP contribution in [0, 0.1) is 30.1 Å². The number of carbonyl (C=O) groups is 2. The highest BCUT2D eigenvalue weighted by molar-refractivity contribution is 5.91. The molecule has 7 heteroatoms. The Hall–Kier alpha value is -1.86. The predicted octanol–water partition coefficient (Wildman–Crippen LogP) is 3.28. The normalized spacial score (nSPS) is 36.1. The second-order valence-corrected chi connectivity index (χ2v) is 11.7. The van der Waals surface area contributed by atoms with Gasteiger partial charge in [-0.1, -0.05) is 0 Å². The lowest BCUT2D eigenvalue weighted by Crippen LogP contribution is -2.57. The lowest BCUT2D eigenvalue weighted by atomic mass is 9.49. The van der Waals surface area contributed by atoms with E-state index in [0.29, 0.717) is 19.8 Å². The molecule has 6 aliphatic rings. The monoisotopic (exact) mass is 469 g/mol. The van der Waals surface area contributed by atoms with Crippen LogP contribution in [0.2, 0.25) is 0 Å². The summed E-state index contributed by atoms with van der Waals surface area (Å²) in [5.74, 6) is 4.24. The minimum absolute atomic E-state index is 0.00267. The molecular weight excluding hydrogens is 430 g/mol. The van der Waals surface area contributed by atoms with Gasteiger partial charge in [0.05, 0.1) is 24.7 Å². The zero-order chi connectivity index (χ0) is 23.3. The Morgan fingerprint density at radius 2 is 1.74 bits per heavy atom. The third-order valence-electron chi connectivity index (χ3n) is 9.35. The fraction of sp³-hybridized carbons (Fsp3) is 0.778. The molecule has 4 bridgehead atoms. The molecule has 6 fully saturated rings. The van der Waals surface area contributed by atoms with E-state index in [0.717, 1.165) is 81.0 Å². The molecule has 2 unspecified atom stereocenters. The molecule has 34 heavy (non-hydrogen) atoms. The van der Waals surface area contributed by atoms with Crippen LogP contribution in [0.25, 0.3) is 0 Å². The van der Waals surface area contributed by atoms with Crippen LogP contribution in [-0.2, 0) is 14.3 Å². The molecule has 186 valence electrons. The Balaban J connectivity index is 1.14. The number of amides is 2. The fourth-order valence-electron chi connectivity index (χ4n) is 8.21. The first-order chi connectivity index (χ1) is 16.5. The van der Waals surface area contributed by atoms with Crippen molar-refractivity contribution in [1.82, 2.24) is 15.1 Å². The van der Waals surface area contributed by atoms with Crippen LogP contribution in [0.4, 0.5) is 0 Å². The van der Waals surface area contributed by atoms with E-state index in [1.54, 1.807) is 0 Å². The molecule has 4 aliphatic carbocycles. The summed E-state index contributed by atoms with van der Waals surface area (Å²) in [5.41, 5.74) is -0.181. The van der Waals surface area contributed by atoms with Crippen LogP contribution in [0.5, 0.6) is 0 Å². The average Bonchev–Trinajstić information content (AvgIpc) is 3.48.